The third-order valence-corrected chi connectivity index (χ3v) is 5.27. The highest BCUT2D eigenvalue weighted by molar-refractivity contribution is 7.92. The number of carbonyl (C=O) groups is 2. The fourth-order valence-corrected chi connectivity index (χ4v) is 3.85. The lowest BCUT2D eigenvalue weighted by Crippen LogP contribution is -2.34. The van der Waals surface area contributed by atoms with Gasteiger partial charge in [0.1, 0.15) is 5.69 Å². The number of carbonyl (C=O) groups excluding carboxylic acids is 2. The predicted molar refractivity (Wildman–Crippen MR) is 95.8 cm³/mol. The van der Waals surface area contributed by atoms with Crippen LogP contribution in [0.1, 0.15) is 32.8 Å². The SMILES string of the molecule is CS(=O)(=O)N1CCCc2cc(C(=O)COC(=O)c3ccccn3)ccc21. The Morgan fingerprint density at radius 2 is 2.04 bits per heavy atom. The summed E-state index contributed by atoms with van der Waals surface area (Å²) in [5.41, 5.74) is 1.91. The summed E-state index contributed by atoms with van der Waals surface area (Å²) < 4.78 is 30.1. The lowest BCUT2D eigenvalue weighted by atomic mass is 9.99. The topological polar surface area (TPSA) is 93.6 Å². The van der Waals surface area contributed by atoms with E-state index in [1.54, 1.807) is 30.3 Å². The molecule has 0 radical (unpaired) electrons. The number of ether oxygens (including phenoxy) is 1. The van der Waals surface area contributed by atoms with E-state index in [9.17, 15) is 18.0 Å². The molecule has 0 fully saturated rings. The molecule has 3 rings (SSSR count). The van der Waals surface area contributed by atoms with Gasteiger partial charge in [0.25, 0.3) is 0 Å². The minimum absolute atomic E-state index is 0.134. The molecule has 0 spiro atoms. The number of fused-ring (bicyclic) bond motifs is 1. The maximum absolute atomic E-state index is 12.3. The molecule has 0 aliphatic carbocycles. The molecule has 1 aliphatic rings. The molecule has 7 nitrogen and oxygen atoms in total. The van der Waals surface area contributed by atoms with Crippen molar-refractivity contribution in [3.63, 3.8) is 0 Å². The van der Waals surface area contributed by atoms with Crippen LogP contribution in [-0.4, -0.2) is 44.6 Å². The third-order valence-electron chi connectivity index (χ3n) is 4.09. The van der Waals surface area contributed by atoms with E-state index in [2.05, 4.69) is 4.98 Å². The van der Waals surface area contributed by atoms with Crippen molar-refractivity contribution in [2.24, 2.45) is 0 Å². The van der Waals surface area contributed by atoms with Gasteiger partial charge in [-0.05, 0) is 48.7 Å². The molecule has 1 aromatic heterocycles. The van der Waals surface area contributed by atoms with Crippen LogP contribution in [0.3, 0.4) is 0 Å². The second-order valence-corrected chi connectivity index (χ2v) is 7.90. The summed E-state index contributed by atoms with van der Waals surface area (Å²) in [6.07, 6.45) is 4.01. The molecular weight excluding hydrogens is 356 g/mol. The predicted octanol–water partition coefficient (Wildman–Crippen LogP) is 1.83. The quantitative estimate of drug-likeness (QED) is 0.585. The van der Waals surface area contributed by atoms with E-state index in [0.29, 0.717) is 30.6 Å². The zero-order valence-electron chi connectivity index (χ0n) is 14.2. The Morgan fingerprint density at radius 3 is 2.73 bits per heavy atom. The van der Waals surface area contributed by atoms with E-state index in [1.165, 1.54) is 16.6 Å². The molecule has 0 saturated carbocycles. The maximum Gasteiger partial charge on any atom is 0.357 e. The number of anilines is 1. The molecule has 0 N–H and O–H groups in total. The van der Waals surface area contributed by atoms with Crippen molar-refractivity contribution >= 4 is 27.5 Å². The van der Waals surface area contributed by atoms with Gasteiger partial charge in [-0.15, -0.1) is 0 Å². The molecule has 0 unspecified atom stereocenters. The number of Topliss-reactive ketones (excluding diaryl/α,β-unsaturated/α-hetero) is 1. The standard InChI is InChI=1S/C18H18N2O5S/c1-26(23,24)20-10-4-5-13-11-14(7-8-16(13)20)17(21)12-25-18(22)15-6-2-3-9-19-15/h2-3,6-9,11H,4-5,10,12H2,1H3. The summed E-state index contributed by atoms with van der Waals surface area (Å²) in [5.74, 6) is -1.02. The second-order valence-electron chi connectivity index (χ2n) is 6.00. The zero-order chi connectivity index (χ0) is 18.7. The Kier molecular flexibility index (Phi) is 5.03. The van der Waals surface area contributed by atoms with Gasteiger partial charge in [0.05, 0.1) is 11.9 Å². The molecule has 0 amide bonds. The lowest BCUT2D eigenvalue weighted by molar-refractivity contribution is 0.0469. The molecule has 0 saturated heterocycles. The first-order valence-corrected chi connectivity index (χ1v) is 9.93. The Balaban J connectivity index is 1.72. The van der Waals surface area contributed by atoms with Gasteiger partial charge in [-0.2, -0.15) is 0 Å². The molecule has 1 aliphatic heterocycles. The monoisotopic (exact) mass is 374 g/mol. The number of benzene rings is 1. The number of aromatic nitrogens is 1. The number of aryl methyl sites for hydroxylation is 1. The van der Waals surface area contributed by atoms with Crippen LogP contribution < -0.4 is 4.31 Å². The second kappa shape index (κ2) is 7.25. The van der Waals surface area contributed by atoms with Gasteiger partial charge in [0.15, 0.2) is 12.4 Å². The van der Waals surface area contributed by atoms with Crippen molar-refractivity contribution in [3.05, 3.63) is 59.4 Å². The molecule has 0 bridgehead atoms. The number of ketones is 1. The van der Waals surface area contributed by atoms with Crippen LogP contribution in [0.4, 0.5) is 5.69 Å². The van der Waals surface area contributed by atoms with Crippen LogP contribution in [0.5, 0.6) is 0 Å². The Labute approximate surface area is 151 Å². The van der Waals surface area contributed by atoms with E-state index in [0.717, 1.165) is 11.8 Å². The number of hydrogen-bond acceptors (Lipinski definition) is 6. The van der Waals surface area contributed by atoms with E-state index in [-0.39, 0.29) is 11.5 Å². The highest BCUT2D eigenvalue weighted by atomic mass is 32.2. The zero-order valence-corrected chi connectivity index (χ0v) is 15.0. The van der Waals surface area contributed by atoms with Gasteiger partial charge < -0.3 is 4.74 Å². The number of rotatable bonds is 5. The summed E-state index contributed by atoms with van der Waals surface area (Å²) in [7, 11) is -3.35. The summed E-state index contributed by atoms with van der Waals surface area (Å²) >= 11 is 0. The van der Waals surface area contributed by atoms with Gasteiger partial charge in [0.2, 0.25) is 10.0 Å². The van der Waals surface area contributed by atoms with Crippen LogP contribution >= 0.6 is 0 Å². The fourth-order valence-electron chi connectivity index (χ4n) is 2.85. The summed E-state index contributed by atoms with van der Waals surface area (Å²) in [6.45, 7) is 0.0325. The average molecular weight is 374 g/mol. The van der Waals surface area contributed by atoms with Crippen LogP contribution in [0.25, 0.3) is 0 Å². The summed E-state index contributed by atoms with van der Waals surface area (Å²) in [5, 5.41) is 0. The number of esters is 1. The molecule has 1 aromatic carbocycles. The highest BCUT2D eigenvalue weighted by Crippen LogP contribution is 2.30. The van der Waals surface area contributed by atoms with Gasteiger partial charge in [-0.25, -0.2) is 18.2 Å². The molecular formula is C18H18N2O5S. The largest absolute Gasteiger partial charge is 0.453 e. The number of pyridine rings is 1. The number of hydrogen-bond donors (Lipinski definition) is 0. The van der Waals surface area contributed by atoms with Crippen molar-refractivity contribution in [1.82, 2.24) is 4.98 Å². The van der Waals surface area contributed by atoms with Crippen LogP contribution in [0.15, 0.2) is 42.6 Å². The van der Waals surface area contributed by atoms with Crippen molar-refractivity contribution in [2.45, 2.75) is 12.8 Å². The summed E-state index contributed by atoms with van der Waals surface area (Å²) in [4.78, 5) is 28.0. The van der Waals surface area contributed by atoms with E-state index >= 15 is 0 Å². The highest BCUT2D eigenvalue weighted by Gasteiger charge is 2.25. The van der Waals surface area contributed by atoms with Gasteiger partial charge in [-0.3, -0.25) is 9.10 Å². The molecule has 2 aromatic rings. The average Bonchev–Trinajstić information content (AvgIpc) is 2.64. The Bertz CT molecular complexity index is 941. The van der Waals surface area contributed by atoms with E-state index in [1.807, 2.05) is 0 Å². The minimum Gasteiger partial charge on any atom is -0.453 e. The van der Waals surface area contributed by atoms with Gasteiger partial charge >= 0.3 is 5.97 Å². The first-order chi connectivity index (χ1) is 12.4. The van der Waals surface area contributed by atoms with Crippen molar-refractivity contribution in [1.29, 1.82) is 0 Å². The number of sulfonamides is 1. The first kappa shape index (κ1) is 18.1. The van der Waals surface area contributed by atoms with Crippen LogP contribution in [0.2, 0.25) is 0 Å². The lowest BCUT2D eigenvalue weighted by Gasteiger charge is -2.29. The summed E-state index contributed by atoms with van der Waals surface area (Å²) in [6, 6.07) is 9.69. The molecule has 0 atom stereocenters. The van der Waals surface area contributed by atoms with Gasteiger partial charge in [0, 0.05) is 18.3 Å². The molecule has 2 heterocycles. The van der Waals surface area contributed by atoms with Crippen molar-refractivity contribution < 1.29 is 22.7 Å². The first-order valence-electron chi connectivity index (χ1n) is 8.08. The van der Waals surface area contributed by atoms with E-state index in [4.69, 9.17) is 4.74 Å². The smallest absolute Gasteiger partial charge is 0.357 e. The van der Waals surface area contributed by atoms with Crippen molar-refractivity contribution in [3.8, 4) is 0 Å². The van der Waals surface area contributed by atoms with Crippen molar-refractivity contribution in [2.75, 3.05) is 23.7 Å². The van der Waals surface area contributed by atoms with Crippen LogP contribution in [0, 0.1) is 0 Å². The minimum atomic E-state index is -3.35. The molecule has 8 heteroatoms. The Hall–Kier alpha value is -2.74. The fraction of sp³-hybridized carbons (Fsp3) is 0.278. The maximum atomic E-state index is 12.3. The van der Waals surface area contributed by atoms with Gasteiger partial charge in [-0.1, -0.05) is 6.07 Å². The third kappa shape index (κ3) is 3.91. The normalized spacial score (nSPS) is 13.8. The molecule has 136 valence electrons. The van der Waals surface area contributed by atoms with Crippen LogP contribution in [-0.2, 0) is 21.2 Å². The Morgan fingerprint density at radius 1 is 1.23 bits per heavy atom. The van der Waals surface area contributed by atoms with E-state index < -0.39 is 22.6 Å². The number of nitrogens with zero attached hydrogens (tertiary/aromatic N) is 2. The molecule has 26 heavy (non-hydrogen) atoms.